The summed E-state index contributed by atoms with van der Waals surface area (Å²) in [6, 6.07) is 18.8. The molecule has 3 aromatic heterocycles. The van der Waals surface area contributed by atoms with Crippen molar-refractivity contribution in [2.24, 2.45) is 0 Å². The minimum atomic E-state index is -4.84. The van der Waals surface area contributed by atoms with E-state index in [2.05, 4.69) is 14.7 Å². The minimum absolute atomic E-state index is 0.000249. The average molecular weight is 604 g/mol. The summed E-state index contributed by atoms with van der Waals surface area (Å²) in [5, 5.41) is 0.256. The zero-order chi connectivity index (χ0) is 31.3. The van der Waals surface area contributed by atoms with Crippen molar-refractivity contribution in [1.29, 1.82) is 0 Å². The summed E-state index contributed by atoms with van der Waals surface area (Å²) in [6.45, 7) is 4.11. The Balaban J connectivity index is 1.66. The third-order valence-corrected chi connectivity index (χ3v) is 6.83. The van der Waals surface area contributed by atoms with Crippen molar-refractivity contribution in [3.8, 4) is 17.2 Å². The lowest BCUT2D eigenvalue weighted by Gasteiger charge is -2.28. The number of aromatic nitrogens is 4. The highest BCUT2D eigenvalue weighted by Crippen LogP contribution is 2.30. The molecule has 0 fully saturated rings. The lowest BCUT2D eigenvalue weighted by molar-refractivity contribution is -0.274. The maximum Gasteiger partial charge on any atom is 0.573 e. The Morgan fingerprint density at radius 3 is 2.30 bits per heavy atom. The SMILES string of the molecule is CCOc1ccc(-n2c(N(Cc3cccnc3)C(=O)[C@H](CC)c3ccc(OC(F)(F)F)cc3)nc3ncccc3c2=O)cc1. The van der Waals surface area contributed by atoms with Gasteiger partial charge < -0.3 is 9.47 Å². The number of carbonyl (C=O) groups is 1. The molecule has 0 spiro atoms. The van der Waals surface area contributed by atoms with Gasteiger partial charge in [0.2, 0.25) is 11.9 Å². The summed E-state index contributed by atoms with van der Waals surface area (Å²) in [6.07, 6.45) is 0.169. The average Bonchev–Trinajstić information content (AvgIpc) is 3.01. The number of anilines is 1. The van der Waals surface area contributed by atoms with Crippen LogP contribution in [0.2, 0.25) is 0 Å². The van der Waals surface area contributed by atoms with Crippen molar-refractivity contribution in [2.75, 3.05) is 11.5 Å². The van der Waals surface area contributed by atoms with E-state index in [9.17, 15) is 22.8 Å². The molecule has 0 N–H and O–H groups in total. The predicted molar refractivity (Wildman–Crippen MR) is 158 cm³/mol. The van der Waals surface area contributed by atoms with Crippen molar-refractivity contribution in [2.45, 2.75) is 39.1 Å². The Morgan fingerprint density at radius 2 is 1.66 bits per heavy atom. The van der Waals surface area contributed by atoms with Gasteiger partial charge in [0.05, 0.1) is 30.1 Å². The van der Waals surface area contributed by atoms with Crippen LogP contribution in [0.1, 0.15) is 37.3 Å². The normalized spacial score (nSPS) is 12.1. The van der Waals surface area contributed by atoms with Gasteiger partial charge in [-0.1, -0.05) is 25.1 Å². The molecule has 0 saturated carbocycles. The number of pyridine rings is 2. The number of benzene rings is 2. The molecule has 2 aromatic carbocycles. The van der Waals surface area contributed by atoms with E-state index in [1.165, 1.54) is 27.8 Å². The number of alkyl halides is 3. The Labute approximate surface area is 250 Å². The second-order valence-corrected chi connectivity index (χ2v) is 9.72. The summed E-state index contributed by atoms with van der Waals surface area (Å²) < 4.78 is 49.1. The van der Waals surface area contributed by atoms with Crippen LogP contribution in [0.15, 0.2) is 96.2 Å². The number of carbonyl (C=O) groups excluding carboxylic acids is 1. The molecular weight excluding hydrogens is 575 g/mol. The predicted octanol–water partition coefficient (Wildman–Crippen LogP) is 6.20. The molecule has 226 valence electrons. The van der Waals surface area contributed by atoms with Crippen molar-refractivity contribution in [1.82, 2.24) is 19.5 Å². The van der Waals surface area contributed by atoms with E-state index >= 15 is 0 Å². The summed E-state index contributed by atoms with van der Waals surface area (Å²) >= 11 is 0. The van der Waals surface area contributed by atoms with Crippen molar-refractivity contribution >= 4 is 22.9 Å². The molecule has 0 saturated heterocycles. The van der Waals surface area contributed by atoms with Gasteiger partial charge in [0, 0.05) is 18.6 Å². The largest absolute Gasteiger partial charge is 0.573 e. The van der Waals surface area contributed by atoms with Gasteiger partial charge in [-0.25, -0.2) is 9.55 Å². The monoisotopic (exact) mass is 603 g/mol. The Kier molecular flexibility index (Phi) is 8.88. The molecule has 0 unspecified atom stereocenters. The molecule has 0 aliphatic carbocycles. The van der Waals surface area contributed by atoms with Gasteiger partial charge in [-0.2, -0.15) is 4.98 Å². The van der Waals surface area contributed by atoms with Crippen LogP contribution in [0.3, 0.4) is 0 Å². The second kappa shape index (κ2) is 12.9. The topological polar surface area (TPSA) is 99.4 Å². The van der Waals surface area contributed by atoms with Gasteiger partial charge >= 0.3 is 6.36 Å². The first-order valence-electron chi connectivity index (χ1n) is 13.9. The van der Waals surface area contributed by atoms with E-state index in [-0.39, 0.29) is 23.5 Å². The number of fused-ring (bicyclic) bond motifs is 1. The fourth-order valence-corrected chi connectivity index (χ4v) is 4.85. The highest BCUT2D eigenvalue weighted by molar-refractivity contribution is 5.97. The number of hydrogen-bond acceptors (Lipinski definition) is 7. The number of rotatable bonds is 10. The Bertz CT molecular complexity index is 1790. The van der Waals surface area contributed by atoms with Crippen LogP contribution in [0, 0.1) is 0 Å². The van der Waals surface area contributed by atoms with E-state index in [1.807, 2.05) is 6.92 Å². The fourth-order valence-electron chi connectivity index (χ4n) is 4.85. The number of amides is 1. The highest BCUT2D eigenvalue weighted by Gasteiger charge is 2.32. The number of hydrogen-bond donors (Lipinski definition) is 0. The van der Waals surface area contributed by atoms with Crippen LogP contribution in [-0.4, -0.2) is 38.4 Å². The maximum absolute atomic E-state index is 14.5. The van der Waals surface area contributed by atoms with Crippen molar-refractivity contribution in [3.05, 3.63) is 113 Å². The van der Waals surface area contributed by atoms with Gasteiger partial charge in [-0.15, -0.1) is 13.2 Å². The summed E-state index contributed by atoms with van der Waals surface area (Å²) in [5.74, 6) is -0.995. The van der Waals surface area contributed by atoms with E-state index in [1.54, 1.807) is 67.8 Å². The molecule has 0 aliphatic heterocycles. The van der Waals surface area contributed by atoms with Crippen molar-refractivity contribution in [3.63, 3.8) is 0 Å². The first kappa shape index (κ1) is 30.2. The molecule has 0 radical (unpaired) electrons. The first-order chi connectivity index (χ1) is 21.2. The maximum atomic E-state index is 14.5. The number of halogens is 3. The fraction of sp³-hybridized carbons (Fsp3) is 0.219. The Hall–Kier alpha value is -5.26. The Morgan fingerprint density at radius 1 is 0.955 bits per heavy atom. The van der Waals surface area contributed by atoms with Crippen LogP contribution in [0.4, 0.5) is 19.1 Å². The van der Waals surface area contributed by atoms with Crippen LogP contribution in [0.25, 0.3) is 16.7 Å². The van der Waals surface area contributed by atoms with Crippen LogP contribution < -0.4 is 19.9 Å². The third-order valence-electron chi connectivity index (χ3n) is 6.83. The van der Waals surface area contributed by atoms with Gasteiger partial charge in [-0.3, -0.25) is 19.5 Å². The van der Waals surface area contributed by atoms with Gasteiger partial charge in [0.1, 0.15) is 11.5 Å². The second-order valence-electron chi connectivity index (χ2n) is 9.72. The molecule has 1 atom stereocenters. The molecule has 3 heterocycles. The van der Waals surface area contributed by atoms with Crippen molar-refractivity contribution < 1.29 is 27.4 Å². The van der Waals surface area contributed by atoms with E-state index in [4.69, 9.17) is 9.72 Å². The van der Waals surface area contributed by atoms with Crippen LogP contribution in [0.5, 0.6) is 11.5 Å². The minimum Gasteiger partial charge on any atom is -0.494 e. The molecule has 44 heavy (non-hydrogen) atoms. The van der Waals surface area contributed by atoms with Crippen LogP contribution >= 0.6 is 0 Å². The first-order valence-corrected chi connectivity index (χ1v) is 13.9. The molecule has 9 nitrogen and oxygen atoms in total. The van der Waals surface area contributed by atoms with Gasteiger partial charge in [-0.05, 0) is 79.1 Å². The number of nitrogens with zero attached hydrogens (tertiary/aromatic N) is 5. The molecule has 5 aromatic rings. The third kappa shape index (κ3) is 6.69. The molecule has 5 rings (SSSR count). The summed E-state index contributed by atoms with van der Waals surface area (Å²) in [5.41, 5.74) is 1.29. The number of ether oxygens (including phenoxy) is 2. The van der Waals surface area contributed by atoms with Gasteiger partial charge in [0.15, 0.2) is 5.65 Å². The zero-order valence-electron chi connectivity index (χ0n) is 23.9. The zero-order valence-corrected chi connectivity index (χ0v) is 23.9. The van der Waals surface area contributed by atoms with E-state index in [0.29, 0.717) is 35.6 Å². The lowest BCUT2D eigenvalue weighted by atomic mass is 9.94. The summed E-state index contributed by atoms with van der Waals surface area (Å²) in [4.78, 5) is 43.0. The lowest BCUT2D eigenvalue weighted by Crippen LogP contribution is -2.39. The van der Waals surface area contributed by atoms with E-state index in [0.717, 1.165) is 12.1 Å². The molecular formula is C32H28F3N5O4. The molecule has 0 aliphatic rings. The van der Waals surface area contributed by atoms with E-state index < -0.39 is 29.5 Å². The molecule has 0 bridgehead atoms. The van der Waals surface area contributed by atoms with Crippen LogP contribution in [-0.2, 0) is 11.3 Å². The highest BCUT2D eigenvalue weighted by atomic mass is 19.4. The van der Waals surface area contributed by atoms with Gasteiger partial charge in [0.25, 0.3) is 5.56 Å². The standard InChI is InChI=1S/C32H28F3N5O4/c1-3-26(22-9-13-25(14-10-22)44-32(33,34)35)29(41)39(20-21-7-5-17-36-19-21)31-38-28-27(8-6-18-37-28)30(42)40(31)23-11-15-24(16-12-23)43-4-2/h5-19,26H,3-4,20H2,1-2H3/t26-/m1/s1. The smallest absolute Gasteiger partial charge is 0.494 e. The molecule has 12 heteroatoms. The molecule has 1 amide bonds. The quantitative estimate of drug-likeness (QED) is 0.187. The summed E-state index contributed by atoms with van der Waals surface area (Å²) in [7, 11) is 0.